The van der Waals surface area contributed by atoms with Crippen LogP contribution >= 0.6 is 0 Å². The molecule has 0 bridgehead atoms. The van der Waals surface area contributed by atoms with E-state index in [2.05, 4.69) is 18.7 Å². The molecule has 16 heavy (non-hydrogen) atoms. The van der Waals surface area contributed by atoms with Crippen LogP contribution in [0.1, 0.15) is 52.4 Å². The fraction of sp³-hybridized carbons (Fsp3) is 1.00. The van der Waals surface area contributed by atoms with Crippen molar-refractivity contribution in [3.05, 3.63) is 0 Å². The quantitative estimate of drug-likeness (QED) is 0.667. The Labute approximate surface area is 99.5 Å². The highest BCUT2D eigenvalue weighted by molar-refractivity contribution is 4.86. The van der Waals surface area contributed by atoms with Crippen molar-refractivity contribution in [1.82, 2.24) is 4.90 Å². The molecule has 0 saturated heterocycles. The van der Waals surface area contributed by atoms with Crippen LogP contribution in [0.3, 0.4) is 0 Å². The highest BCUT2D eigenvalue weighted by atomic mass is 16.3. The minimum Gasteiger partial charge on any atom is -0.396 e. The number of rotatable bonds is 8. The average Bonchev–Trinajstić information content (AvgIpc) is 2.23. The first-order chi connectivity index (χ1) is 7.65. The molecular formula is C13H27NO2. The molecule has 0 amide bonds. The smallest absolute Gasteiger partial charge is 0.0769 e. The Bertz CT molecular complexity index is 188. The monoisotopic (exact) mass is 229 g/mol. The number of nitrogens with zero attached hydrogens (tertiary/aromatic N) is 1. The summed E-state index contributed by atoms with van der Waals surface area (Å²) in [5, 5.41) is 19.3. The molecule has 0 unspecified atom stereocenters. The third kappa shape index (κ3) is 3.72. The molecule has 96 valence electrons. The summed E-state index contributed by atoms with van der Waals surface area (Å²) < 4.78 is 0. The average molecular weight is 229 g/mol. The van der Waals surface area contributed by atoms with E-state index in [4.69, 9.17) is 5.11 Å². The topological polar surface area (TPSA) is 43.7 Å². The Morgan fingerprint density at radius 1 is 1.25 bits per heavy atom. The van der Waals surface area contributed by atoms with E-state index >= 15 is 0 Å². The number of hydrogen-bond donors (Lipinski definition) is 2. The van der Waals surface area contributed by atoms with Crippen LogP contribution in [-0.2, 0) is 0 Å². The molecule has 3 heteroatoms. The van der Waals surface area contributed by atoms with Gasteiger partial charge in [0.1, 0.15) is 0 Å². The summed E-state index contributed by atoms with van der Waals surface area (Å²) in [5.74, 6) is 0. The van der Waals surface area contributed by atoms with Crippen molar-refractivity contribution in [3.8, 4) is 0 Å². The van der Waals surface area contributed by atoms with Crippen LogP contribution in [0.2, 0.25) is 0 Å². The van der Waals surface area contributed by atoms with Crippen LogP contribution in [0.15, 0.2) is 0 Å². The normalized spacial score (nSPS) is 17.8. The van der Waals surface area contributed by atoms with E-state index < -0.39 is 5.60 Å². The predicted octanol–water partition coefficient (Wildman–Crippen LogP) is 1.77. The van der Waals surface area contributed by atoms with Crippen LogP contribution < -0.4 is 0 Å². The maximum atomic E-state index is 10.4. The molecule has 1 aliphatic carbocycles. The van der Waals surface area contributed by atoms with Gasteiger partial charge in [0.2, 0.25) is 0 Å². The highest BCUT2D eigenvalue weighted by Gasteiger charge is 2.31. The lowest BCUT2D eigenvalue weighted by Crippen LogP contribution is -2.49. The molecule has 0 aliphatic heterocycles. The van der Waals surface area contributed by atoms with Gasteiger partial charge < -0.3 is 10.2 Å². The largest absolute Gasteiger partial charge is 0.396 e. The molecule has 1 fully saturated rings. The van der Waals surface area contributed by atoms with E-state index in [1.165, 1.54) is 19.3 Å². The van der Waals surface area contributed by atoms with Crippen LogP contribution in [0, 0.1) is 0 Å². The first kappa shape index (κ1) is 13.9. The second kappa shape index (κ2) is 6.58. The summed E-state index contributed by atoms with van der Waals surface area (Å²) in [5.41, 5.74) is -0.537. The molecule has 0 aromatic heterocycles. The Morgan fingerprint density at radius 3 is 2.25 bits per heavy atom. The molecule has 0 atom stereocenters. The Hall–Kier alpha value is -0.120. The van der Waals surface area contributed by atoms with Crippen LogP contribution in [-0.4, -0.2) is 46.5 Å². The number of aliphatic hydroxyl groups is 2. The summed E-state index contributed by atoms with van der Waals surface area (Å²) in [6.45, 7) is 6.04. The van der Waals surface area contributed by atoms with Gasteiger partial charge in [-0.05, 0) is 32.1 Å². The van der Waals surface area contributed by atoms with Crippen molar-refractivity contribution in [2.24, 2.45) is 0 Å². The summed E-state index contributed by atoms with van der Waals surface area (Å²) >= 11 is 0. The van der Waals surface area contributed by atoms with Crippen LogP contribution in [0.5, 0.6) is 0 Å². The maximum Gasteiger partial charge on any atom is 0.0769 e. The maximum absolute atomic E-state index is 10.4. The lowest BCUT2D eigenvalue weighted by atomic mass is 9.88. The summed E-state index contributed by atoms with van der Waals surface area (Å²) in [6.07, 6.45) is 6.28. The van der Waals surface area contributed by atoms with Gasteiger partial charge in [-0.1, -0.05) is 20.3 Å². The molecule has 0 aromatic carbocycles. The summed E-state index contributed by atoms with van der Waals surface area (Å²) in [4.78, 5) is 2.38. The van der Waals surface area contributed by atoms with Crippen molar-refractivity contribution in [3.63, 3.8) is 0 Å². The molecule has 1 aliphatic rings. The highest BCUT2D eigenvalue weighted by Crippen LogP contribution is 2.27. The Balaban J connectivity index is 2.47. The third-order valence-corrected chi connectivity index (χ3v) is 4.01. The SMILES string of the molecule is CCC(O)(CC)CN(CCCO)C1CCC1. The van der Waals surface area contributed by atoms with Crippen molar-refractivity contribution >= 4 is 0 Å². The Kier molecular flexibility index (Phi) is 5.73. The first-order valence-corrected chi connectivity index (χ1v) is 6.72. The van der Waals surface area contributed by atoms with Crippen molar-refractivity contribution in [2.75, 3.05) is 19.7 Å². The van der Waals surface area contributed by atoms with Crippen molar-refractivity contribution < 1.29 is 10.2 Å². The van der Waals surface area contributed by atoms with Gasteiger partial charge in [0.15, 0.2) is 0 Å². The fourth-order valence-electron chi connectivity index (χ4n) is 2.27. The van der Waals surface area contributed by atoms with Gasteiger partial charge in [-0.2, -0.15) is 0 Å². The molecule has 1 saturated carbocycles. The van der Waals surface area contributed by atoms with Gasteiger partial charge in [-0.15, -0.1) is 0 Å². The third-order valence-electron chi connectivity index (χ3n) is 4.01. The van der Waals surface area contributed by atoms with Crippen LogP contribution in [0.25, 0.3) is 0 Å². The van der Waals surface area contributed by atoms with Crippen molar-refractivity contribution in [2.45, 2.75) is 64.0 Å². The fourth-order valence-corrected chi connectivity index (χ4v) is 2.27. The van der Waals surface area contributed by atoms with E-state index in [1.807, 2.05) is 0 Å². The first-order valence-electron chi connectivity index (χ1n) is 6.72. The van der Waals surface area contributed by atoms with Gasteiger partial charge in [-0.25, -0.2) is 0 Å². The van der Waals surface area contributed by atoms with Crippen molar-refractivity contribution in [1.29, 1.82) is 0 Å². The van der Waals surface area contributed by atoms with Crippen LogP contribution in [0.4, 0.5) is 0 Å². The molecule has 2 N–H and O–H groups in total. The van der Waals surface area contributed by atoms with Gasteiger partial charge in [0.05, 0.1) is 5.60 Å². The zero-order valence-electron chi connectivity index (χ0n) is 10.8. The van der Waals surface area contributed by atoms with Gasteiger partial charge in [-0.3, -0.25) is 4.90 Å². The lowest BCUT2D eigenvalue weighted by molar-refractivity contribution is -0.0274. The minimum atomic E-state index is -0.537. The van der Waals surface area contributed by atoms with Gasteiger partial charge >= 0.3 is 0 Å². The summed E-state index contributed by atoms with van der Waals surface area (Å²) in [6, 6.07) is 0.649. The van der Waals surface area contributed by atoms with E-state index in [0.717, 1.165) is 32.4 Å². The molecule has 0 radical (unpaired) electrons. The van der Waals surface area contributed by atoms with E-state index in [-0.39, 0.29) is 6.61 Å². The zero-order chi connectivity index (χ0) is 12.0. The molecule has 0 heterocycles. The molecule has 3 nitrogen and oxygen atoms in total. The standard InChI is InChI=1S/C13H27NO2/c1-3-13(16,4-2)11-14(9-6-10-15)12-7-5-8-12/h12,15-16H,3-11H2,1-2H3. The van der Waals surface area contributed by atoms with Gasteiger partial charge in [0, 0.05) is 25.7 Å². The molecule has 0 spiro atoms. The lowest BCUT2D eigenvalue weighted by Gasteiger charge is -2.42. The minimum absolute atomic E-state index is 0.250. The van der Waals surface area contributed by atoms with E-state index in [1.54, 1.807) is 0 Å². The molecule has 0 aromatic rings. The van der Waals surface area contributed by atoms with E-state index in [9.17, 15) is 5.11 Å². The second-order valence-electron chi connectivity index (χ2n) is 5.06. The number of hydrogen-bond acceptors (Lipinski definition) is 3. The predicted molar refractivity (Wildman–Crippen MR) is 66.4 cm³/mol. The Morgan fingerprint density at radius 2 is 1.88 bits per heavy atom. The zero-order valence-corrected chi connectivity index (χ0v) is 10.8. The van der Waals surface area contributed by atoms with E-state index in [0.29, 0.717) is 6.04 Å². The number of aliphatic hydroxyl groups excluding tert-OH is 1. The van der Waals surface area contributed by atoms with Gasteiger partial charge in [0.25, 0.3) is 0 Å². The second-order valence-corrected chi connectivity index (χ2v) is 5.06. The molecular weight excluding hydrogens is 202 g/mol. The molecule has 1 rings (SSSR count). The summed E-state index contributed by atoms with van der Waals surface area (Å²) in [7, 11) is 0.